The van der Waals surface area contributed by atoms with Gasteiger partial charge in [-0.2, -0.15) is 0 Å². The van der Waals surface area contributed by atoms with Crippen LogP contribution >= 0.6 is 11.6 Å². The van der Waals surface area contributed by atoms with Gasteiger partial charge in [-0.05, 0) is 19.1 Å². The molecule has 0 saturated carbocycles. The van der Waals surface area contributed by atoms with Crippen LogP contribution in [-0.4, -0.2) is 33.2 Å². The third kappa shape index (κ3) is 3.27. The van der Waals surface area contributed by atoms with Crippen molar-refractivity contribution in [1.82, 2.24) is 0 Å². The Kier molecular flexibility index (Phi) is 4.63. The molecule has 1 aromatic rings. The van der Waals surface area contributed by atoms with Gasteiger partial charge in [-0.15, -0.1) is 0 Å². The summed E-state index contributed by atoms with van der Waals surface area (Å²) in [6.45, 7) is 1.74. The van der Waals surface area contributed by atoms with E-state index in [1.165, 1.54) is 7.11 Å². The number of carbonyl (C=O) groups is 1. The van der Waals surface area contributed by atoms with Crippen LogP contribution in [0.25, 0.3) is 0 Å². The molecule has 94 valence electrons. The van der Waals surface area contributed by atoms with E-state index in [9.17, 15) is 4.79 Å². The number of para-hydroxylation sites is 1. The third-order valence-electron chi connectivity index (χ3n) is 2.36. The summed E-state index contributed by atoms with van der Waals surface area (Å²) in [7, 11) is 5.16. The minimum Gasteiger partial charge on any atom is -0.467 e. The molecule has 0 heterocycles. The summed E-state index contributed by atoms with van der Waals surface area (Å²) >= 11 is 6.12. The van der Waals surface area contributed by atoms with Crippen molar-refractivity contribution in [1.29, 1.82) is 0 Å². The molecule has 0 fully saturated rings. The number of hydrogen-bond donors (Lipinski definition) is 1. The van der Waals surface area contributed by atoms with Gasteiger partial charge < -0.3 is 15.0 Å². The number of hydrogen-bond acceptors (Lipinski definition) is 4. The van der Waals surface area contributed by atoms with Crippen LogP contribution in [0.2, 0.25) is 5.02 Å². The van der Waals surface area contributed by atoms with E-state index in [1.807, 2.05) is 37.2 Å². The maximum Gasteiger partial charge on any atom is 0.327 e. The van der Waals surface area contributed by atoms with Crippen molar-refractivity contribution >= 4 is 28.9 Å². The molecule has 0 saturated heterocycles. The Labute approximate surface area is 107 Å². The lowest BCUT2D eigenvalue weighted by Gasteiger charge is -2.22. The van der Waals surface area contributed by atoms with Crippen molar-refractivity contribution in [2.45, 2.75) is 13.0 Å². The van der Waals surface area contributed by atoms with Crippen molar-refractivity contribution < 1.29 is 9.53 Å². The number of ether oxygens (including phenoxy) is 1. The van der Waals surface area contributed by atoms with Gasteiger partial charge in [0.1, 0.15) is 6.04 Å². The maximum absolute atomic E-state index is 11.4. The molecule has 1 N–H and O–H groups in total. The molecular weight excluding hydrogens is 240 g/mol. The molecule has 4 nitrogen and oxygen atoms in total. The Morgan fingerprint density at radius 1 is 1.47 bits per heavy atom. The second-order valence-corrected chi connectivity index (χ2v) is 4.33. The van der Waals surface area contributed by atoms with Crippen LogP contribution in [0, 0.1) is 0 Å². The molecule has 0 bridgehead atoms. The molecule has 0 spiro atoms. The number of carbonyl (C=O) groups excluding carboxylic acids is 1. The topological polar surface area (TPSA) is 41.6 Å². The molecule has 0 aliphatic carbocycles. The first-order valence-electron chi connectivity index (χ1n) is 5.27. The Balaban J connectivity index is 2.98. The molecule has 0 amide bonds. The minimum atomic E-state index is -0.419. The molecule has 1 rings (SSSR count). The van der Waals surface area contributed by atoms with Gasteiger partial charge in [0.2, 0.25) is 0 Å². The summed E-state index contributed by atoms with van der Waals surface area (Å²) in [5.41, 5.74) is 1.66. The maximum atomic E-state index is 11.4. The first kappa shape index (κ1) is 13.6. The molecule has 1 atom stereocenters. The highest BCUT2D eigenvalue weighted by Crippen LogP contribution is 2.32. The van der Waals surface area contributed by atoms with Crippen LogP contribution in [0.3, 0.4) is 0 Å². The lowest BCUT2D eigenvalue weighted by Crippen LogP contribution is -2.28. The Hall–Kier alpha value is -1.42. The van der Waals surface area contributed by atoms with Gasteiger partial charge in [0.15, 0.2) is 0 Å². The van der Waals surface area contributed by atoms with Crippen LogP contribution in [-0.2, 0) is 9.53 Å². The SMILES string of the molecule is COC(=O)C(C)Nc1cccc(Cl)c1N(C)C. The summed E-state index contributed by atoms with van der Waals surface area (Å²) in [4.78, 5) is 13.2. The predicted octanol–water partition coefficient (Wildman–Crippen LogP) is 2.38. The van der Waals surface area contributed by atoms with Crippen molar-refractivity contribution in [2.75, 3.05) is 31.4 Å². The van der Waals surface area contributed by atoms with E-state index in [0.717, 1.165) is 11.4 Å². The van der Waals surface area contributed by atoms with Crippen molar-refractivity contribution in [3.63, 3.8) is 0 Å². The molecule has 0 aliphatic rings. The van der Waals surface area contributed by atoms with E-state index >= 15 is 0 Å². The van der Waals surface area contributed by atoms with Gasteiger partial charge >= 0.3 is 5.97 Å². The highest BCUT2D eigenvalue weighted by atomic mass is 35.5. The number of esters is 1. The van der Waals surface area contributed by atoms with E-state index < -0.39 is 6.04 Å². The molecular formula is C12H17ClN2O2. The van der Waals surface area contributed by atoms with Crippen LogP contribution in [0.15, 0.2) is 18.2 Å². The molecule has 1 aromatic carbocycles. The van der Waals surface area contributed by atoms with Crippen LogP contribution in [0.5, 0.6) is 0 Å². The van der Waals surface area contributed by atoms with Gasteiger partial charge in [-0.1, -0.05) is 17.7 Å². The van der Waals surface area contributed by atoms with Crippen molar-refractivity contribution in [3.05, 3.63) is 23.2 Å². The number of nitrogens with one attached hydrogen (secondary N) is 1. The third-order valence-corrected chi connectivity index (χ3v) is 2.67. The Bertz CT molecular complexity index is 407. The van der Waals surface area contributed by atoms with E-state index in [4.69, 9.17) is 11.6 Å². The van der Waals surface area contributed by atoms with Gasteiger partial charge in [0, 0.05) is 14.1 Å². The summed E-state index contributed by atoms with van der Waals surface area (Å²) < 4.78 is 4.67. The van der Waals surface area contributed by atoms with Gasteiger partial charge in [0.05, 0.1) is 23.5 Å². The molecule has 1 unspecified atom stereocenters. The predicted molar refractivity (Wildman–Crippen MR) is 70.9 cm³/mol. The standard InChI is InChI=1S/C12H17ClN2O2/c1-8(12(16)17-4)14-10-7-5-6-9(13)11(10)15(2)3/h5-8,14H,1-4H3. The highest BCUT2D eigenvalue weighted by Gasteiger charge is 2.16. The van der Waals surface area contributed by atoms with Crippen molar-refractivity contribution in [3.8, 4) is 0 Å². The average Bonchev–Trinajstić information content (AvgIpc) is 2.27. The normalized spacial score (nSPS) is 11.8. The number of halogens is 1. The van der Waals surface area contributed by atoms with Crippen LogP contribution < -0.4 is 10.2 Å². The van der Waals surface area contributed by atoms with E-state index in [0.29, 0.717) is 5.02 Å². The zero-order valence-corrected chi connectivity index (χ0v) is 11.2. The quantitative estimate of drug-likeness (QED) is 0.840. The highest BCUT2D eigenvalue weighted by molar-refractivity contribution is 6.34. The van der Waals surface area contributed by atoms with E-state index in [-0.39, 0.29) is 5.97 Å². The lowest BCUT2D eigenvalue weighted by atomic mass is 10.2. The molecule has 5 heteroatoms. The summed E-state index contributed by atoms with van der Waals surface area (Å²) in [6.07, 6.45) is 0. The second kappa shape index (κ2) is 5.77. The van der Waals surface area contributed by atoms with E-state index in [2.05, 4.69) is 10.1 Å². The fourth-order valence-electron chi connectivity index (χ4n) is 1.56. The smallest absolute Gasteiger partial charge is 0.327 e. The first-order chi connectivity index (χ1) is 7.97. The number of rotatable bonds is 4. The number of anilines is 2. The number of methoxy groups -OCH3 is 1. The molecule has 17 heavy (non-hydrogen) atoms. The zero-order valence-electron chi connectivity index (χ0n) is 10.5. The fraction of sp³-hybridized carbons (Fsp3) is 0.417. The summed E-state index contributed by atoms with van der Waals surface area (Å²) in [5, 5.41) is 3.72. The number of nitrogens with zero attached hydrogens (tertiary/aromatic N) is 1. The fourth-order valence-corrected chi connectivity index (χ4v) is 1.90. The summed E-state index contributed by atoms with van der Waals surface area (Å²) in [6, 6.07) is 5.10. The molecule has 0 radical (unpaired) electrons. The van der Waals surface area contributed by atoms with Gasteiger partial charge in [0.25, 0.3) is 0 Å². The largest absolute Gasteiger partial charge is 0.467 e. The van der Waals surface area contributed by atoms with E-state index in [1.54, 1.807) is 6.92 Å². The first-order valence-corrected chi connectivity index (χ1v) is 5.65. The average molecular weight is 257 g/mol. The lowest BCUT2D eigenvalue weighted by molar-refractivity contribution is -0.141. The van der Waals surface area contributed by atoms with Gasteiger partial charge in [-0.25, -0.2) is 4.79 Å². The Morgan fingerprint density at radius 2 is 2.12 bits per heavy atom. The molecule has 0 aromatic heterocycles. The second-order valence-electron chi connectivity index (χ2n) is 3.92. The number of benzene rings is 1. The van der Waals surface area contributed by atoms with Crippen LogP contribution in [0.1, 0.15) is 6.92 Å². The minimum absolute atomic E-state index is 0.310. The van der Waals surface area contributed by atoms with Crippen LogP contribution in [0.4, 0.5) is 11.4 Å². The molecule has 0 aliphatic heterocycles. The Morgan fingerprint density at radius 3 is 2.65 bits per heavy atom. The van der Waals surface area contributed by atoms with Crippen molar-refractivity contribution in [2.24, 2.45) is 0 Å². The monoisotopic (exact) mass is 256 g/mol. The van der Waals surface area contributed by atoms with Gasteiger partial charge in [-0.3, -0.25) is 0 Å². The summed E-state index contributed by atoms with van der Waals surface area (Å²) in [5.74, 6) is -0.310. The zero-order chi connectivity index (χ0) is 13.0.